The number of anilines is 2. The first-order valence-corrected chi connectivity index (χ1v) is 13.7. The van der Waals surface area contributed by atoms with E-state index in [4.69, 9.17) is 4.42 Å². The molecule has 4 aromatic carbocycles. The monoisotopic (exact) mass is 585 g/mol. The minimum Gasteiger partial charge on any atom is -0.457 e. The second-order valence-corrected chi connectivity index (χ2v) is 10.00. The van der Waals surface area contributed by atoms with Crippen LogP contribution in [0.5, 0.6) is 0 Å². The number of carbonyl (C=O) groups is 3. The minimum absolute atomic E-state index is 0.0246. The maximum Gasteiger partial charge on any atom is 0.269 e. The van der Waals surface area contributed by atoms with E-state index in [0.717, 1.165) is 11.1 Å². The van der Waals surface area contributed by atoms with Crippen LogP contribution in [0.2, 0.25) is 0 Å². The molecule has 0 fully saturated rings. The molecule has 0 aliphatic carbocycles. The number of furan rings is 1. The van der Waals surface area contributed by atoms with Crippen molar-refractivity contribution in [2.45, 2.75) is 13.3 Å². The van der Waals surface area contributed by atoms with Crippen LogP contribution in [0.15, 0.2) is 120 Å². The van der Waals surface area contributed by atoms with E-state index in [1.54, 1.807) is 66.7 Å². The second-order valence-electron chi connectivity index (χ2n) is 10.00. The Bertz CT molecular complexity index is 1870. The molecule has 0 aliphatic rings. The van der Waals surface area contributed by atoms with Gasteiger partial charge in [0.05, 0.1) is 17.0 Å². The van der Waals surface area contributed by atoms with Crippen LogP contribution in [-0.2, 0) is 16.0 Å². The van der Waals surface area contributed by atoms with Crippen molar-refractivity contribution in [2.75, 3.05) is 10.6 Å². The van der Waals surface area contributed by atoms with Gasteiger partial charge < -0.3 is 15.1 Å². The van der Waals surface area contributed by atoms with Gasteiger partial charge in [-0.05, 0) is 61.0 Å². The van der Waals surface area contributed by atoms with E-state index >= 15 is 0 Å². The van der Waals surface area contributed by atoms with Crippen molar-refractivity contribution in [2.24, 2.45) is 0 Å². The van der Waals surface area contributed by atoms with Gasteiger partial charge in [-0.3, -0.25) is 24.5 Å². The Balaban J connectivity index is 1.31. The quantitative estimate of drug-likeness (QED) is 0.0769. The lowest BCUT2D eigenvalue weighted by atomic mass is 10.0. The number of amides is 2. The van der Waals surface area contributed by atoms with Gasteiger partial charge in [-0.1, -0.05) is 60.2 Å². The van der Waals surface area contributed by atoms with Crippen LogP contribution >= 0.6 is 0 Å². The summed E-state index contributed by atoms with van der Waals surface area (Å²) in [6, 6.07) is 30.4. The number of nitro benzene ring substituents is 1. The Morgan fingerprint density at radius 2 is 1.61 bits per heavy atom. The number of rotatable bonds is 10. The van der Waals surface area contributed by atoms with Gasteiger partial charge in [-0.2, -0.15) is 0 Å². The van der Waals surface area contributed by atoms with Gasteiger partial charge >= 0.3 is 0 Å². The Labute approximate surface area is 253 Å². The fraction of sp³-hybridized carbons (Fsp3) is 0.0571. The first kappa shape index (κ1) is 29.4. The average Bonchev–Trinajstić information content (AvgIpc) is 3.50. The number of nitrogens with zero attached hydrogens (tertiary/aromatic N) is 1. The molecule has 1 heterocycles. The molecule has 0 unspecified atom stereocenters. The van der Waals surface area contributed by atoms with E-state index in [0.29, 0.717) is 34.0 Å². The van der Waals surface area contributed by atoms with Crippen molar-refractivity contribution in [3.63, 3.8) is 0 Å². The molecule has 9 nitrogen and oxygen atoms in total. The van der Waals surface area contributed by atoms with Crippen LogP contribution in [0.1, 0.15) is 32.8 Å². The number of non-ortho nitro benzene ring substituents is 1. The summed E-state index contributed by atoms with van der Waals surface area (Å²) in [4.78, 5) is 49.5. The first-order chi connectivity index (χ1) is 21.2. The normalized spacial score (nSPS) is 10.8. The molecule has 1 aromatic heterocycles. The van der Waals surface area contributed by atoms with E-state index in [1.807, 2.05) is 31.2 Å². The Kier molecular flexibility index (Phi) is 8.86. The van der Waals surface area contributed by atoms with Gasteiger partial charge in [-0.15, -0.1) is 0 Å². The molecule has 5 aromatic rings. The van der Waals surface area contributed by atoms with E-state index in [-0.39, 0.29) is 29.4 Å². The van der Waals surface area contributed by atoms with Crippen molar-refractivity contribution < 1.29 is 23.7 Å². The molecule has 218 valence electrons. The minimum atomic E-state index is -0.477. The molecule has 9 heteroatoms. The highest BCUT2D eigenvalue weighted by molar-refractivity contribution is 6.15. The van der Waals surface area contributed by atoms with Gasteiger partial charge in [0.1, 0.15) is 11.5 Å². The van der Waals surface area contributed by atoms with Gasteiger partial charge in [-0.25, -0.2) is 0 Å². The molecule has 0 aliphatic heterocycles. The first-order valence-electron chi connectivity index (χ1n) is 13.7. The van der Waals surface area contributed by atoms with Crippen molar-refractivity contribution >= 4 is 40.7 Å². The summed E-state index contributed by atoms with van der Waals surface area (Å²) in [6.45, 7) is 1.95. The largest absolute Gasteiger partial charge is 0.457 e. The zero-order valence-corrected chi connectivity index (χ0v) is 23.7. The highest BCUT2D eigenvalue weighted by atomic mass is 16.6. The number of hydrogen-bond acceptors (Lipinski definition) is 6. The number of ketones is 1. The average molecular weight is 586 g/mol. The Morgan fingerprint density at radius 1 is 0.841 bits per heavy atom. The standard InChI is InChI=1S/C35H27N3O6/c1-23-6-5-7-24(20-23)21-34(40)37-31-17-12-27(22-30(31)35(41)26-8-3-2-4-9-26)36-33(39)19-16-29-15-18-32(44-29)25-10-13-28(14-11-25)38(42)43/h2-20,22H,21H2,1H3,(H,36,39)(H,37,40)/b19-16+. The van der Waals surface area contributed by atoms with E-state index < -0.39 is 10.8 Å². The van der Waals surface area contributed by atoms with Gasteiger partial charge in [0, 0.05) is 40.6 Å². The summed E-state index contributed by atoms with van der Waals surface area (Å²) >= 11 is 0. The molecule has 2 amide bonds. The summed E-state index contributed by atoms with van der Waals surface area (Å²) in [6.07, 6.45) is 2.91. The molecule has 0 saturated carbocycles. The van der Waals surface area contributed by atoms with E-state index in [2.05, 4.69) is 10.6 Å². The van der Waals surface area contributed by atoms with Gasteiger partial charge in [0.15, 0.2) is 5.78 Å². The third kappa shape index (κ3) is 7.40. The highest BCUT2D eigenvalue weighted by Gasteiger charge is 2.17. The topological polar surface area (TPSA) is 132 Å². The lowest BCUT2D eigenvalue weighted by molar-refractivity contribution is -0.384. The summed E-state index contributed by atoms with van der Waals surface area (Å²) in [5, 5.41) is 16.5. The van der Waals surface area contributed by atoms with Gasteiger partial charge in [0.2, 0.25) is 11.8 Å². The predicted octanol–water partition coefficient (Wildman–Crippen LogP) is 7.23. The third-order valence-corrected chi connectivity index (χ3v) is 6.68. The maximum absolute atomic E-state index is 13.4. The van der Waals surface area contributed by atoms with Crippen molar-refractivity contribution in [3.05, 3.63) is 153 Å². The van der Waals surface area contributed by atoms with Crippen LogP contribution in [-0.4, -0.2) is 22.5 Å². The fourth-order valence-electron chi connectivity index (χ4n) is 4.55. The van der Waals surface area contributed by atoms with E-state index in [1.165, 1.54) is 30.4 Å². The Morgan fingerprint density at radius 3 is 2.34 bits per heavy atom. The van der Waals surface area contributed by atoms with Crippen LogP contribution < -0.4 is 10.6 Å². The van der Waals surface area contributed by atoms with E-state index in [9.17, 15) is 24.5 Å². The smallest absolute Gasteiger partial charge is 0.269 e. The van der Waals surface area contributed by atoms with Crippen LogP contribution in [0.25, 0.3) is 17.4 Å². The summed E-state index contributed by atoms with van der Waals surface area (Å²) in [5.74, 6) is -0.154. The molecule has 5 rings (SSSR count). The molecular weight excluding hydrogens is 558 g/mol. The molecule has 0 radical (unpaired) electrons. The number of nitro groups is 1. The number of nitrogens with one attached hydrogen (secondary N) is 2. The zero-order chi connectivity index (χ0) is 31.1. The van der Waals surface area contributed by atoms with Gasteiger partial charge in [0.25, 0.3) is 5.69 Å². The second kappa shape index (κ2) is 13.3. The molecule has 0 saturated heterocycles. The van der Waals surface area contributed by atoms with Crippen molar-refractivity contribution in [1.82, 2.24) is 0 Å². The maximum atomic E-state index is 13.4. The lowest BCUT2D eigenvalue weighted by Crippen LogP contribution is -2.18. The molecule has 2 N–H and O–H groups in total. The number of hydrogen-bond donors (Lipinski definition) is 2. The lowest BCUT2D eigenvalue weighted by Gasteiger charge is -2.13. The molecular formula is C35H27N3O6. The molecule has 0 spiro atoms. The fourth-order valence-corrected chi connectivity index (χ4v) is 4.55. The molecule has 0 bridgehead atoms. The Hall–Kier alpha value is -6.09. The van der Waals surface area contributed by atoms with Crippen LogP contribution in [0.4, 0.5) is 17.1 Å². The molecule has 44 heavy (non-hydrogen) atoms. The summed E-state index contributed by atoms with van der Waals surface area (Å²) in [5.41, 5.74) is 3.89. The van der Waals surface area contributed by atoms with Crippen LogP contribution in [0, 0.1) is 17.0 Å². The number of benzene rings is 4. The molecule has 0 atom stereocenters. The predicted molar refractivity (Wildman–Crippen MR) is 168 cm³/mol. The zero-order valence-electron chi connectivity index (χ0n) is 23.7. The number of carbonyl (C=O) groups excluding carboxylic acids is 3. The highest BCUT2D eigenvalue weighted by Crippen LogP contribution is 2.26. The van der Waals surface area contributed by atoms with Crippen LogP contribution in [0.3, 0.4) is 0 Å². The summed E-state index contributed by atoms with van der Waals surface area (Å²) in [7, 11) is 0. The third-order valence-electron chi connectivity index (χ3n) is 6.68. The van der Waals surface area contributed by atoms with Crippen molar-refractivity contribution in [3.8, 4) is 11.3 Å². The van der Waals surface area contributed by atoms with Crippen molar-refractivity contribution in [1.29, 1.82) is 0 Å². The number of aryl methyl sites for hydroxylation is 1. The SMILES string of the molecule is Cc1cccc(CC(=O)Nc2ccc(NC(=O)/C=C/c3ccc(-c4ccc([N+](=O)[O-])cc4)o3)cc2C(=O)c2ccccc2)c1. The summed E-state index contributed by atoms with van der Waals surface area (Å²) < 4.78 is 5.75.